The minimum absolute atomic E-state index is 0.185. The van der Waals surface area contributed by atoms with Crippen LogP contribution in [0, 0.1) is 5.92 Å². The van der Waals surface area contributed by atoms with Crippen LogP contribution in [-0.2, 0) is 11.2 Å². The Hall–Kier alpha value is -1.55. The summed E-state index contributed by atoms with van der Waals surface area (Å²) in [5.41, 5.74) is 1.28. The zero-order chi connectivity index (χ0) is 16.3. The van der Waals surface area contributed by atoms with Crippen molar-refractivity contribution in [3.63, 3.8) is 0 Å². The van der Waals surface area contributed by atoms with Gasteiger partial charge in [-0.05, 0) is 49.4 Å². The standard InChI is InChI=1S/C19H29NO3/c21-19(22)10-13-20-12-4-8-17-7-3-9-18(15-17)23-14-11-16-5-1-2-6-16/h3,7,9,15-16,20H,1-2,4-6,8,10-14H2,(H,21,22). The zero-order valence-corrected chi connectivity index (χ0v) is 13.9. The number of nitrogens with one attached hydrogen (secondary N) is 1. The minimum atomic E-state index is -0.750. The molecule has 1 aromatic rings. The molecule has 0 atom stereocenters. The Bertz CT molecular complexity index is 469. The second kappa shape index (κ2) is 10.3. The number of hydrogen-bond acceptors (Lipinski definition) is 3. The Morgan fingerprint density at radius 2 is 2.09 bits per heavy atom. The van der Waals surface area contributed by atoms with Gasteiger partial charge in [0.15, 0.2) is 0 Å². The van der Waals surface area contributed by atoms with E-state index in [4.69, 9.17) is 9.84 Å². The number of benzene rings is 1. The van der Waals surface area contributed by atoms with E-state index in [2.05, 4.69) is 23.5 Å². The third kappa shape index (κ3) is 7.51. The highest BCUT2D eigenvalue weighted by molar-refractivity contribution is 5.66. The van der Waals surface area contributed by atoms with Gasteiger partial charge in [-0.1, -0.05) is 37.8 Å². The first-order valence-corrected chi connectivity index (χ1v) is 8.88. The van der Waals surface area contributed by atoms with Crippen LogP contribution in [0.3, 0.4) is 0 Å². The first kappa shape index (κ1) is 17.8. The van der Waals surface area contributed by atoms with E-state index in [1.165, 1.54) is 37.7 Å². The van der Waals surface area contributed by atoms with Crippen molar-refractivity contribution in [2.24, 2.45) is 5.92 Å². The fraction of sp³-hybridized carbons (Fsp3) is 0.632. The largest absolute Gasteiger partial charge is 0.494 e. The predicted molar refractivity (Wildman–Crippen MR) is 92.0 cm³/mol. The lowest BCUT2D eigenvalue weighted by Crippen LogP contribution is -2.19. The lowest BCUT2D eigenvalue weighted by Gasteiger charge is -2.11. The Morgan fingerprint density at radius 1 is 1.26 bits per heavy atom. The molecule has 23 heavy (non-hydrogen) atoms. The quantitative estimate of drug-likeness (QED) is 0.611. The summed E-state index contributed by atoms with van der Waals surface area (Å²) in [5.74, 6) is 1.09. The maximum absolute atomic E-state index is 10.4. The number of aliphatic carboxylic acids is 1. The van der Waals surface area contributed by atoms with Crippen LogP contribution in [0.4, 0.5) is 0 Å². The van der Waals surface area contributed by atoms with Gasteiger partial charge in [-0.15, -0.1) is 0 Å². The molecular weight excluding hydrogens is 290 g/mol. The second-order valence-corrected chi connectivity index (χ2v) is 6.43. The molecule has 1 aliphatic carbocycles. The monoisotopic (exact) mass is 319 g/mol. The summed E-state index contributed by atoms with van der Waals surface area (Å²) < 4.78 is 5.90. The molecule has 0 amide bonds. The summed E-state index contributed by atoms with van der Waals surface area (Å²) in [5, 5.41) is 11.7. The smallest absolute Gasteiger partial charge is 0.304 e. The number of carboxylic acid groups (broad SMARTS) is 1. The fourth-order valence-corrected chi connectivity index (χ4v) is 3.17. The topological polar surface area (TPSA) is 58.6 Å². The molecule has 1 aliphatic rings. The molecule has 4 nitrogen and oxygen atoms in total. The van der Waals surface area contributed by atoms with Crippen LogP contribution in [0.1, 0.15) is 50.5 Å². The highest BCUT2D eigenvalue weighted by atomic mass is 16.5. The van der Waals surface area contributed by atoms with E-state index in [9.17, 15) is 4.79 Å². The zero-order valence-electron chi connectivity index (χ0n) is 13.9. The first-order chi connectivity index (χ1) is 11.2. The summed E-state index contributed by atoms with van der Waals surface area (Å²) in [7, 11) is 0. The van der Waals surface area contributed by atoms with E-state index >= 15 is 0 Å². The van der Waals surface area contributed by atoms with Crippen molar-refractivity contribution < 1.29 is 14.6 Å². The minimum Gasteiger partial charge on any atom is -0.494 e. The Balaban J connectivity index is 1.60. The first-order valence-electron chi connectivity index (χ1n) is 8.88. The molecule has 0 unspecified atom stereocenters. The van der Waals surface area contributed by atoms with Gasteiger partial charge in [0.05, 0.1) is 13.0 Å². The van der Waals surface area contributed by atoms with E-state index in [1.54, 1.807) is 0 Å². The third-order valence-corrected chi connectivity index (χ3v) is 4.50. The number of carbonyl (C=O) groups is 1. The third-order valence-electron chi connectivity index (χ3n) is 4.50. The summed E-state index contributed by atoms with van der Waals surface area (Å²) in [6, 6.07) is 8.34. The highest BCUT2D eigenvalue weighted by Gasteiger charge is 2.14. The van der Waals surface area contributed by atoms with Crippen LogP contribution >= 0.6 is 0 Å². The van der Waals surface area contributed by atoms with E-state index in [0.717, 1.165) is 37.7 Å². The predicted octanol–water partition coefficient (Wildman–Crippen LogP) is 3.64. The number of ether oxygens (including phenoxy) is 1. The molecule has 0 aliphatic heterocycles. The van der Waals surface area contributed by atoms with Crippen molar-refractivity contribution >= 4 is 5.97 Å². The van der Waals surface area contributed by atoms with Gasteiger partial charge in [-0.2, -0.15) is 0 Å². The van der Waals surface area contributed by atoms with Crippen LogP contribution in [0.2, 0.25) is 0 Å². The Labute approximate surface area is 139 Å². The number of aryl methyl sites for hydroxylation is 1. The van der Waals surface area contributed by atoms with Crippen molar-refractivity contribution in [3.05, 3.63) is 29.8 Å². The van der Waals surface area contributed by atoms with Crippen LogP contribution < -0.4 is 10.1 Å². The second-order valence-electron chi connectivity index (χ2n) is 6.43. The lowest BCUT2D eigenvalue weighted by molar-refractivity contribution is -0.136. The molecule has 1 aromatic carbocycles. The molecule has 0 bridgehead atoms. The highest BCUT2D eigenvalue weighted by Crippen LogP contribution is 2.27. The van der Waals surface area contributed by atoms with Crippen molar-refractivity contribution in [1.29, 1.82) is 0 Å². The normalized spacial score (nSPS) is 15.0. The molecule has 128 valence electrons. The molecule has 0 saturated heterocycles. The molecule has 0 radical (unpaired) electrons. The molecule has 0 spiro atoms. The maximum atomic E-state index is 10.4. The average molecular weight is 319 g/mol. The Morgan fingerprint density at radius 3 is 2.87 bits per heavy atom. The summed E-state index contributed by atoms with van der Waals surface area (Å²) in [6.45, 7) is 2.21. The summed E-state index contributed by atoms with van der Waals surface area (Å²) >= 11 is 0. The SMILES string of the molecule is O=C(O)CCNCCCc1cccc(OCCC2CCCC2)c1. The van der Waals surface area contributed by atoms with E-state index in [0.29, 0.717) is 6.54 Å². The molecule has 1 fully saturated rings. The van der Waals surface area contributed by atoms with Crippen LogP contribution in [0.25, 0.3) is 0 Å². The maximum Gasteiger partial charge on any atom is 0.304 e. The van der Waals surface area contributed by atoms with Crippen LogP contribution in [-0.4, -0.2) is 30.8 Å². The molecular formula is C19H29NO3. The molecule has 2 N–H and O–H groups in total. The van der Waals surface area contributed by atoms with Gasteiger partial charge in [0.1, 0.15) is 5.75 Å². The Kier molecular flexibility index (Phi) is 7.95. The number of carboxylic acids is 1. The van der Waals surface area contributed by atoms with Crippen molar-refractivity contribution in [3.8, 4) is 5.75 Å². The van der Waals surface area contributed by atoms with Gasteiger partial charge in [0.25, 0.3) is 0 Å². The summed E-state index contributed by atoms with van der Waals surface area (Å²) in [6.07, 6.45) is 8.88. The summed E-state index contributed by atoms with van der Waals surface area (Å²) in [4.78, 5) is 10.4. The number of rotatable bonds is 11. The molecule has 0 aromatic heterocycles. The van der Waals surface area contributed by atoms with Gasteiger partial charge in [-0.25, -0.2) is 0 Å². The number of hydrogen-bond donors (Lipinski definition) is 2. The molecule has 4 heteroatoms. The van der Waals surface area contributed by atoms with E-state index < -0.39 is 5.97 Å². The van der Waals surface area contributed by atoms with Gasteiger partial charge in [-0.3, -0.25) is 4.79 Å². The molecule has 1 saturated carbocycles. The van der Waals surface area contributed by atoms with Crippen LogP contribution in [0.15, 0.2) is 24.3 Å². The van der Waals surface area contributed by atoms with Crippen LogP contribution in [0.5, 0.6) is 5.75 Å². The van der Waals surface area contributed by atoms with Gasteiger partial charge in [0.2, 0.25) is 0 Å². The molecule has 2 rings (SSSR count). The average Bonchev–Trinajstić information content (AvgIpc) is 3.04. The van der Waals surface area contributed by atoms with E-state index in [1.807, 2.05) is 6.07 Å². The van der Waals surface area contributed by atoms with E-state index in [-0.39, 0.29) is 6.42 Å². The van der Waals surface area contributed by atoms with Gasteiger partial charge >= 0.3 is 5.97 Å². The van der Waals surface area contributed by atoms with Crippen molar-refractivity contribution in [2.45, 2.75) is 51.4 Å². The molecule has 0 heterocycles. The van der Waals surface area contributed by atoms with Gasteiger partial charge in [0, 0.05) is 6.54 Å². The van der Waals surface area contributed by atoms with Crippen molar-refractivity contribution in [2.75, 3.05) is 19.7 Å². The van der Waals surface area contributed by atoms with Gasteiger partial charge < -0.3 is 15.2 Å². The fourth-order valence-electron chi connectivity index (χ4n) is 3.17. The van der Waals surface area contributed by atoms with Crippen molar-refractivity contribution in [1.82, 2.24) is 5.32 Å². The lowest BCUT2D eigenvalue weighted by atomic mass is 10.1.